The lowest BCUT2D eigenvalue weighted by Gasteiger charge is -2.24. The van der Waals surface area contributed by atoms with Crippen LogP contribution >= 0.6 is 0 Å². The Hall–Kier alpha value is -0.120. The minimum Gasteiger partial charge on any atom is -0.380 e. The first kappa shape index (κ1) is 12.9. The predicted molar refractivity (Wildman–Crippen MR) is 56.9 cm³/mol. The summed E-state index contributed by atoms with van der Waals surface area (Å²) in [4.78, 5) is 2.42. The van der Waals surface area contributed by atoms with Gasteiger partial charge in [-0.25, -0.2) is 0 Å². The van der Waals surface area contributed by atoms with Crippen molar-refractivity contribution in [2.75, 3.05) is 33.3 Å². The molecule has 0 spiro atoms. The van der Waals surface area contributed by atoms with E-state index in [9.17, 15) is 0 Å². The quantitative estimate of drug-likeness (QED) is 0.619. The zero-order valence-electron chi connectivity index (χ0n) is 9.25. The van der Waals surface area contributed by atoms with Crippen LogP contribution in [0, 0.1) is 0 Å². The van der Waals surface area contributed by atoms with Crippen molar-refractivity contribution in [3.05, 3.63) is 0 Å². The van der Waals surface area contributed by atoms with Crippen molar-refractivity contribution < 1.29 is 4.74 Å². The number of hydrogen-bond donors (Lipinski definition) is 1. The van der Waals surface area contributed by atoms with E-state index < -0.39 is 0 Å². The Morgan fingerprint density at radius 1 is 1.38 bits per heavy atom. The molecule has 0 fully saturated rings. The molecule has 0 amide bonds. The first-order valence-electron chi connectivity index (χ1n) is 5.19. The fraction of sp³-hybridized carbons (Fsp3) is 1.00. The third kappa shape index (κ3) is 6.99. The van der Waals surface area contributed by atoms with E-state index in [1.54, 1.807) is 7.11 Å². The molecular weight excluding hydrogens is 164 g/mol. The maximum atomic E-state index is 5.48. The third-order valence-electron chi connectivity index (χ3n) is 2.14. The second-order valence-corrected chi connectivity index (χ2v) is 3.49. The Morgan fingerprint density at radius 3 is 2.54 bits per heavy atom. The molecule has 0 saturated heterocycles. The summed E-state index contributed by atoms with van der Waals surface area (Å²) in [5, 5.41) is 0. The summed E-state index contributed by atoms with van der Waals surface area (Å²) in [6.07, 6.45) is 2.60. The van der Waals surface area contributed by atoms with E-state index in [0.29, 0.717) is 6.10 Å². The molecule has 0 aromatic rings. The molecule has 0 bridgehead atoms. The van der Waals surface area contributed by atoms with E-state index in [-0.39, 0.29) is 0 Å². The van der Waals surface area contributed by atoms with Gasteiger partial charge in [0.1, 0.15) is 0 Å². The van der Waals surface area contributed by atoms with Crippen molar-refractivity contribution in [3.8, 4) is 0 Å². The van der Waals surface area contributed by atoms with Gasteiger partial charge < -0.3 is 15.4 Å². The van der Waals surface area contributed by atoms with Crippen LogP contribution < -0.4 is 5.73 Å². The molecule has 0 aliphatic rings. The normalized spacial score (nSPS) is 13.6. The highest BCUT2D eigenvalue weighted by Gasteiger charge is 2.07. The average molecular weight is 188 g/mol. The molecule has 0 radical (unpaired) electrons. The maximum Gasteiger partial charge on any atom is 0.0670 e. The minimum absolute atomic E-state index is 0.323. The van der Waals surface area contributed by atoms with Crippen LogP contribution in [0.1, 0.15) is 26.7 Å². The van der Waals surface area contributed by atoms with Crippen molar-refractivity contribution in [3.63, 3.8) is 0 Å². The zero-order valence-corrected chi connectivity index (χ0v) is 9.25. The molecular formula is C10H24N2O. The first-order chi connectivity index (χ1) is 6.24. The molecule has 3 nitrogen and oxygen atoms in total. The zero-order chi connectivity index (χ0) is 10.1. The topological polar surface area (TPSA) is 38.5 Å². The summed E-state index contributed by atoms with van der Waals surface area (Å²) in [6.45, 7) is 8.34. The number of nitrogens with two attached hydrogens (primary N) is 1. The van der Waals surface area contributed by atoms with E-state index in [4.69, 9.17) is 10.5 Å². The van der Waals surface area contributed by atoms with E-state index >= 15 is 0 Å². The molecule has 0 rings (SSSR count). The van der Waals surface area contributed by atoms with Gasteiger partial charge in [-0.1, -0.05) is 6.92 Å². The van der Waals surface area contributed by atoms with Gasteiger partial charge in [-0.3, -0.25) is 0 Å². The van der Waals surface area contributed by atoms with Crippen molar-refractivity contribution in [1.82, 2.24) is 4.90 Å². The van der Waals surface area contributed by atoms with Gasteiger partial charge >= 0.3 is 0 Å². The molecule has 0 aromatic carbocycles. The SMILES string of the molecule is CCCN(CCCN)CC(C)OC. The average Bonchev–Trinajstić information content (AvgIpc) is 2.14. The lowest BCUT2D eigenvalue weighted by molar-refractivity contribution is 0.0767. The van der Waals surface area contributed by atoms with Crippen LogP contribution in [0.2, 0.25) is 0 Å². The van der Waals surface area contributed by atoms with E-state index in [1.807, 2.05) is 0 Å². The van der Waals surface area contributed by atoms with Gasteiger partial charge in [0, 0.05) is 13.7 Å². The van der Waals surface area contributed by atoms with E-state index in [1.165, 1.54) is 6.42 Å². The number of hydrogen-bond acceptors (Lipinski definition) is 3. The number of methoxy groups -OCH3 is 1. The van der Waals surface area contributed by atoms with Crippen molar-refractivity contribution in [2.45, 2.75) is 32.8 Å². The molecule has 0 heterocycles. The Balaban J connectivity index is 3.65. The monoisotopic (exact) mass is 188 g/mol. The van der Waals surface area contributed by atoms with Crippen LogP contribution in [0.25, 0.3) is 0 Å². The smallest absolute Gasteiger partial charge is 0.0670 e. The predicted octanol–water partition coefficient (Wildman–Crippen LogP) is 1.08. The number of ether oxygens (including phenoxy) is 1. The molecule has 2 N–H and O–H groups in total. The summed E-state index contributed by atoms with van der Waals surface area (Å²) < 4.78 is 5.23. The highest BCUT2D eigenvalue weighted by molar-refractivity contribution is 4.62. The van der Waals surface area contributed by atoms with Crippen LogP contribution in [0.15, 0.2) is 0 Å². The van der Waals surface area contributed by atoms with Gasteiger partial charge in [0.2, 0.25) is 0 Å². The Labute approximate surface area is 82.2 Å². The molecule has 0 saturated carbocycles. The maximum absolute atomic E-state index is 5.48. The Morgan fingerprint density at radius 2 is 2.08 bits per heavy atom. The second kappa shape index (κ2) is 8.48. The largest absolute Gasteiger partial charge is 0.380 e. The molecule has 13 heavy (non-hydrogen) atoms. The molecule has 1 atom stereocenters. The van der Waals surface area contributed by atoms with Gasteiger partial charge in [-0.15, -0.1) is 0 Å². The summed E-state index contributed by atoms with van der Waals surface area (Å²) in [5.41, 5.74) is 5.48. The Bertz CT molecular complexity index is 109. The van der Waals surface area contributed by atoms with Gasteiger partial charge in [0.15, 0.2) is 0 Å². The van der Waals surface area contributed by atoms with Gasteiger partial charge in [0.05, 0.1) is 6.10 Å². The first-order valence-corrected chi connectivity index (χ1v) is 5.19. The van der Waals surface area contributed by atoms with Crippen molar-refractivity contribution in [2.24, 2.45) is 5.73 Å². The molecule has 3 heteroatoms. The summed E-state index contributed by atoms with van der Waals surface area (Å²) in [6, 6.07) is 0. The molecule has 0 aliphatic carbocycles. The fourth-order valence-electron chi connectivity index (χ4n) is 1.36. The lowest BCUT2D eigenvalue weighted by Crippen LogP contribution is -2.34. The van der Waals surface area contributed by atoms with Crippen LogP contribution in [-0.4, -0.2) is 44.3 Å². The fourth-order valence-corrected chi connectivity index (χ4v) is 1.36. The van der Waals surface area contributed by atoms with Crippen LogP contribution in [0.3, 0.4) is 0 Å². The van der Waals surface area contributed by atoms with Crippen LogP contribution in [0.4, 0.5) is 0 Å². The molecule has 80 valence electrons. The van der Waals surface area contributed by atoms with E-state index in [2.05, 4.69) is 18.7 Å². The number of nitrogens with zero attached hydrogens (tertiary/aromatic N) is 1. The molecule has 1 unspecified atom stereocenters. The summed E-state index contributed by atoms with van der Waals surface area (Å²) in [5.74, 6) is 0. The Kier molecular flexibility index (Phi) is 8.40. The second-order valence-electron chi connectivity index (χ2n) is 3.49. The molecule has 0 aromatic heterocycles. The highest BCUT2D eigenvalue weighted by Crippen LogP contribution is 1.98. The number of rotatable bonds is 8. The highest BCUT2D eigenvalue weighted by atomic mass is 16.5. The summed E-state index contributed by atoms with van der Waals surface area (Å²) >= 11 is 0. The van der Waals surface area contributed by atoms with Crippen molar-refractivity contribution >= 4 is 0 Å². The standard InChI is InChI=1S/C10H24N2O/c1-4-7-12(8-5-6-11)9-10(2)13-3/h10H,4-9,11H2,1-3H3. The van der Waals surface area contributed by atoms with Gasteiger partial charge in [-0.2, -0.15) is 0 Å². The van der Waals surface area contributed by atoms with Crippen molar-refractivity contribution in [1.29, 1.82) is 0 Å². The van der Waals surface area contributed by atoms with Crippen LogP contribution in [-0.2, 0) is 4.74 Å². The minimum atomic E-state index is 0.323. The van der Waals surface area contributed by atoms with Crippen LogP contribution in [0.5, 0.6) is 0 Å². The molecule has 0 aliphatic heterocycles. The summed E-state index contributed by atoms with van der Waals surface area (Å²) in [7, 11) is 1.76. The van der Waals surface area contributed by atoms with Gasteiger partial charge in [-0.05, 0) is 39.4 Å². The third-order valence-corrected chi connectivity index (χ3v) is 2.14. The van der Waals surface area contributed by atoms with Gasteiger partial charge in [0.25, 0.3) is 0 Å². The van der Waals surface area contributed by atoms with E-state index in [0.717, 1.165) is 32.6 Å². The lowest BCUT2D eigenvalue weighted by atomic mass is 10.3.